The second kappa shape index (κ2) is 4.67. The molecule has 3 rings (SSSR count). The SMILES string of the molecule is O=C1C2=C(CCCC2)C(=O)C1c1ccc([N+](=O)[O-])cc1. The highest BCUT2D eigenvalue weighted by atomic mass is 16.6. The minimum atomic E-state index is -0.779. The zero-order valence-electron chi connectivity index (χ0n) is 10.8. The van der Waals surface area contributed by atoms with E-state index in [2.05, 4.69) is 0 Å². The normalized spacial score (nSPS) is 19.4. The van der Waals surface area contributed by atoms with E-state index in [1.54, 1.807) is 0 Å². The van der Waals surface area contributed by atoms with Crippen molar-refractivity contribution in [2.75, 3.05) is 0 Å². The minimum Gasteiger partial charge on any atom is -0.293 e. The monoisotopic (exact) mass is 271 g/mol. The lowest BCUT2D eigenvalue weighted by atomic mass is 9.93. The molecule has 2 aliphatic carbocycles. The van der Waals surface area contributed by atoms with E-state index in [0.717, 1.165) is 12.8 Å². The molecule has 0 unspecified atom stereocenters. The summed E-state index contributed by atoms with van der Waals surface area (Å²) in [6.45, 7) is 0. The van der Waals surface area contributed by atoms with E-state index in [-0.39, 0.29) is 17.3 Å². The summed E-state index contributed by atoms with van der Waals surface area (Å²) in [5.74, 6) is -1.00. The molecule has 0 saturated carbocycles. The molecule has 20 heavy (non-hydrogen) atoms. The molecule has 0 N–H and O–H groups in total. The lowest BCUT2D eigenvalue weighted by Crippen LogP contribution is -2.15. The van der Waals surface area contributed by atoms with Crippen LogP contribution in [0.3, 0.4) is 0 Å². The Hall–Kier alpha value is -2.30. The summed E-state index contributed by atoms with van der Waals surface area (Å²) in [6.07, 6.45) is 3.27. The van der Waals surface area contributed by atoms with Crippen molar-refractivity contribution in [2.24, 2.45) is 0 Å². The van der Waals surface area contributed by atoms with E-state index in [9.17, 15) is 19.7 Å². The van der Waals surface area contributed by atoms with Crippen LogP contribution in [0.15, 0.2) is 35.4 Å². The lowest BCUT2D eigenvalue weighted by Gasteiger charge is -2.10. The van der Waals surface area contributed by atoms with E-state index >= 15 is 0 Å². The van der Waals surface area contributed by atoms with Crippen molar-refractivity contribution in [3.8, 4) is 0 Å². The second-order valence-corrected chi connectivity index (χ2v) is 5.17. The molecular formula is C15H13NO4. The molecule has 0 spiro atoms. The Morgan fingerprint density at radius 1 is 0.950 bits per heavy atom. The highest BCUT2D eigenvalue weighted by Gasteiger charge is 2.41. The Bertz CT molecular complexity index is 614. The van der Waals surface area contributed by atoms with Crippen LogP contribution >= 0.6 is 0 Å². The van der Waals surface area contributed by atoms with Gasteiger partial charge in [-0.1, -0.05) is 12.1 Å². The summed E-state index contributed by atoms with van der Waals surface area (Å²) in [6, 6.07) is 5.70. The Morgan fingerprint density at radius 3 is 1.90 bits per heavy atom. The number of allylic oxidation sites excluding steroid dienone is 2. The van der Waals surface area contributed by atoms with Crippen molar-refractivity contribution in [3.63, 3.8) is 0 Å². The van der Waals surface area contributed by atoms with Gasteiger partial charge in [0.1, 0.15) is 5.92 Å². The van der Waals surface area contributed by atoms with E-state index in [1.807, 2.05) is 0 Å². The first-order chi connectivity index (χ1) is 9.59. The zero-order chi connectivity index (χ0) is 14.3. The summed E-state index contributed by atoms with van der Waals surface area (Å²) in [4.78, 5) is 34.8. The molecule has 0 aliphatic heterocycles. The smallest absolute Gasteiger partial charge is 0.269 e. The van der Waals surface area contributed by atoms with E-state index in [1.165, 1.54) is 24.3 Å². The summed E-state index contributed by atoms with van der Waals surface area (Å²) in [5.41, 5.74) is 1.89. The number of Topliss-reactive ketones (excluding diaryl/α,β-unsaturated/α-hetero) is 2. The number of nitro groups is 1. The molecule has 102 valence electrons. The first-order valence-electron chi connectivity index (χ1n) is 6.64. The molecule has 0 heterocycles. The van der Waals surface area contributed by atoms with Crippen molar-refractivity contribution in [2.45, 2.75) is 31.6 Å². The van der Waals surface area contributed by atoms with Crippen LogP contribution in [0.4, 0.5) is 5.69 Å². The predicted octanol–water partition coefficient (Wildman–Crippen LogP) is 2.70. The number of rotatable bonds is 2. The number of carbonyl (C=O) groups is 2. The number of nitrogens with zero attached hydrogens (tertiary/aromatic N) is 1. The van der Waals surface area contributed by atoms with Gasteiger partial charge in [-0.15, -0.1) is 0 Å². The first-order valence-corrected chi connectivity index (χ1v) is 6.64. The molecule has 5 heteroatoms. The van der Waals surface area contributed by atoms with Gasteiger partial charge < -0.3 is 0 Å². The molecule has 0 radical (unpaired) electrons. The Balaban J connectivity index is 1.94. The molecule has 0 amide bonds. The van der Waals surface area contributed by atoms with Gasteiger partial charge in [0.05, 0.1) is 4.92 Å². The zero-order valence-corrected chi connectivity index (χ0v) is 10.8. The maximum absolute atomic E-state index is 12.4. The topological polar surface area (TPSA) is 77.3 Å². The van der Waals surface area contributed by atoms with Crippen molar-refractivity contribution in [1.29, 1.82) is 0 Å². The molecule has 2 aliphatic rings. The number of carbonyl (C=O) groups excluding carboxylic acids is 2. The van der Waals surface area contributed by atoms with Crippen LogP contribution in [0.25, 0.3) is 0 Å². The third kappa shape index (κ3) is 1.86. The molecule has 1 aromatic carbocycles. The van der Waals surface area contributed by atoms with Gasteiger partial charge in [-0.2, -0.15) is 0 Å². The standard InChI is InChI=1S/C15H13NO4/c17-14-11-3-1-2-4-12(11)15(18)13(14)9-5-7-10(8-6-9)16(19)20/h5-8,13H,1-4H2. The van der Waals surface area contributed by atoms with Gasteiger partial charge in [-0.3, -0.25) is 19.7 Å². The number of hydrogen-bond acceptors (Lipinski definition) is 4. The Morgan fingerprint density at radius 2 is 1.45 bits per heavy atom. The van der Waals surface area contributed by atoms with Gasteiger partial charge in [0.25, 0.3) is 5.69 Å². The molecule has 0 bridgehead atoms. The van der Waals surface area contributed by atoms with Gasteiger partial charge in [0.15, 0.2) is 11.6 Å². The fourth-order valence-electron chi connectivity index (χ4n) is 3.01. The minimum absolute atomic E-state index is 0.0376. The van der Waals surface area contributed by atoms with Crippen LogP contribution in [0.5, 0.6) is 0 Å². The van der Waals surface area contributed by atoms with Crippen LogP contribution in [0.2, 0.25) is 0 Å². The van der Waals surface area contributed by atoms with E-state index in [4.69, 9.17) is 0 Å². The van der Waals surface area contributed by atoms with Gasteiger partial charge in [-0.05, 0) is 31.2 Å². The average molecular weight is 271 g/mol. The van der Waals surface area contributed by atoms with Crippen LogP contribution in [0.1, 0.15) is 37.2 Å². The Labute approximate surface area is 115 Å². The summed E-state index contributed by atoms with van der Waals surface area (Å²) in [5, 5.41) is 10.6. The average Bonchev–Trinajstić information content (AvgIpc) is 2.72. The summed E-state index contributed by atoms with van der Waals surface area (Å²) < 4.78 is 0. The summed E-state index contributed by atoms with van der Waals surface area (Å²) >= 11 is 0. The van der Waals surface area contributed by atoms with Crippen LogP contribution in [-0.4, -0.2) is 16.5 Å². The maximum Gasteiger partial charge on any atom is 0.269 e. The van der Waals surface area contributed by atoms with E-state index in [0.29, 0.717) is 29.6 Å². The van der Waals surface area contributed by atoms with Gasteiger partial charge >= 0.3 is 0 Å². The van der Waals surface area contributed by atoms with Crippen molar-refractivity contribution in [1.82, 2.24) is 0 Å². The maximum atomic E-state index is 12.4. The number of non-ortho nitro benzene ring substituents is 1. The Kier molecular flexibility index (Phi) is 2.97. The molecule has 0 aromatic heterocycles. The van der Waals surface area contributed by atoms with Crippen LogP contribution in [0, 0.1) is 10.1 Å². The van der Waals surface area contributed by atoms with Crippen LogP contribution in [-0.2, 0) is 9.59 Å². The van der Waals surface area contributed by atoms with Crippen molar-refractivity contribution >= 4 is 17.3 Å². The molecule has 1 aromatic rings. The number of benzene rings is 1. The third-order valence-electron chi connectivity index (χ3n) is 4.02. The number of ketones is 2. The third-order valence-corrected chi connectivity index (χ3v) is 4.02. The van der Waals surface area contributed by atoms with Crippen molar-refractivity contribution < 1.29 is 14.5 Å². The lowest BCUT2D eigenvalue weighted by molar-refractivity contribution is -0.384. The molecule has 0 saturated heterocycles. The highest BCUT2D eigenvalue weighted by molar-refractivity contribution is 6.28. The van der Waals surface area contributed by atoms with Gasteiger partial charge in [0, 0.05) is 23.3 Å². The second-order valence-electron chi connectivity index (χ2n) is 5.17. The molecular weight excluding hydrogens is 258 g/mol. The van der Waals surface area contributed by atoms with Gasteiger partial charge in [0.2, 0.25) is 0 Å². The van der Waals surface area contributed by atoms with Crippen LogP contribution < -0.4 is 0 Å². The number of nitro benzene ring substituents is 1. The summed E-state index contributed by atoms with van der Waals surface area (Å²) in [7, 11) is 0. The molecule has 0 atom stereocenters. The van der Waals surface area contributed by atoms with E-state index < -0.39 is 10.8 Å². The largest absolute Gasteiger partial charge is 0.293 e. The fraction of sp³-hybridized carbons (Fsp3) is 0.333. The quantitative estimate of drug-likeness (QED) is 0.470. The van der Waals surface area contributed by atoms with Gasteiger partial charge in [-0.25, -0.2) is 0 Å². The first kappa shape index (κ1) is 12.7. The van der Waals surface area contributed by atoms with Crippen molar-refractivity contribution in [3.05, 3.63) is 51.1 Å². The molecule has 0 fully saturated rings. The predicted molar refractivity (Wildman–Crippen MR) is 71.3 cm³/mol. The fourth-order valence-corrected chi connectivity index (χ4v) is 3.01. The highest BCUT2D eigenvalue weighted by Crippen LogP contribution is 2.40. The number of hydrogen-bond donors (Lipinski definition) is 0. The molecule has 5 nitrogen and oxygen atoms in total.